The van der Waals surface area contributed by atoms with E-state index in [1.54, 1.807) is 25.3 Å². The summed E-state index contributed by atoms with van der Waals surface area (Å²) in [5, 5.41) is 9.05. The van der Waals surface area contributed by atoms with Crippen molar-refractivity contribution in [1.82, 2.24) is 5.32 Å². The third-order valence-corrected chi connectivity index (χ3v) is 4.56. The molecule has 132 valence electrons. The first-order chi connectivity index (χ1) is 10.9. The van der Waals surface area contributed by atoms with Crippen molar-refractivity contribution in [1.29, 1.82) is 0 Å². The summed E-state index contributed by atoms with van der Waals surface area (Å²) < 4.78 is 27.7. The van der Waals surface area contributed by atoms with Gasteiger partial charge in [-0.25, -0.2) is 13.6 Å². The molecule has 0 aliphatic rings. The van der Waals surface area contributed by atoms with E-state index in [9.17, 15) is 8.42 Å². The smallest absolute Gasteiger partial charge is 0.238 e. The van der Waals surface area contributed by atoms with E-state index in [1.165, 1.54) is 12.1 Å². The van der Waals surface area contributed by atoms with Crippen LogP contribution in [0.2, 0.25) is 5.02 Å². The number of ether oxygens (including phenoxy) is 1. The third kappa shape index (κ3) is 5.96. The fraction of sp³-hybridized carbons (Fsp3) is 0.250. The van der Waals surface area contributed by atoms with Crippen LogP contribution in [0.3, 0.4) is 0 Å². The Morgan fingerprint density at radius 2 is 1.83 bits per heavy atom. The van der Waals surface area contributed by atoms with E-state index in [4.69, 9.17) is 21.5 Å². The molecule has 0 unspecified atom stereocenters. The van der Waals surface area contributed by atoms with Gasteiger partial charge >= 0.3 is 0 Å². The van der Waals surface area contributed by atoms with E-state index in [-0.39, 0.29) is 17.3 Å². The zero-order valence-corrected chi connectivity index (χ0v) is 15.5. The molecule has 0 bridgehead atoms. The number of hydrogen-bond donors (Lipinski definition) is 2. The predicted octanol–water partition coefficient (Wildman–Crippen LogP) is -0.668. The first-order valence-corrected chi connectivity index (χ1v) is 8.97. The highest BCUT2D eigenvalue weighted by atomic mass is 35.5. The standard InChI is InChI=1S/C16H19ClN2O3S.ClH/c1-22-16-7-4-14(17)10-13(16)11-19-9-8-12-2-5-15(6-3-12)23(18,20)21;/h2-7,10,19H,8-9,11H2,1H3,(H2,18,20,21);1H/p-1. The Morgan fingerprint density at radius 3 is 2.42 bits per heavy atom. The van der Waals surface area contributed by atoms with Gasteiger partial charge in [0.2, 0.25) is 10.0 Å². The van der Waals surface area contributed by atoms with E-state index in [0.717, 1.165) is 29.8 Å². The zero-order valence-electron chi connectivity index (χ0n) is 13.1. The number of nitrogens with one attached hydrogen (secondary N) is 1. The van der Waals surface area contributed by atoms with Crippen LogP contribution in [-0.4, -0.2) is 22.1 Å². The summed E-state index contributed by atoms with van der Waals surface area (Å²) in [6.45, 7) is 1.38. The molecule has 0 aliphatic heterocycles. The average molecular weight is 390 g/mol. The summed E-state index contributed by atoms with van der Waals surface area (Å²) in [6.07, 6.45) is 0.772. The second kappa shape index (κ2) is 9.25. The highest BCUT2D eigenvalue weighted by Gasteiger charge is 2.07. The monoisotopic (exact) mass is 389 g/mol. The van der Waals surface area contributed by atoms with Gasteiger partial charge in [-0.05, 0) is 48.9 Å². The molecule has 0 saturated heterocycles. The Balaban J connectivity index is 0.00000288. The minimum Gasteiger partial charge on any atom is -1.00 e. The number of primary sulfonamides is 1. The molecule has 2 rings (SSSR count). The van der Waals surface area contributed by atoms with Gasteiger partial charge in [0.25, 0.3) is 0 Å². The molecule has 5 nitrogen and oxygen atoms in total. The molecule has 0 aliphatic carbocycles. The fourth-order valence-corrected chi connectivity index (χ4v) is 2.90. The van der Waals surface area contributed by atoms with Crippen LogP contribution in [0.1, 0.15) is 11.1 Å². The third-order valence-electron chi connectivity index (χ3n) is 3.40. The molecule has 0 heterocycles. The van der Waals surface area contributed by atoms with E-state index >= 15 is 0 Å². The van der Waals surface area contributed by atoms with Crippen LogP contribution in [0.15, 0.2) is 47.4 Å². The molecule has 0 fully saturated rings. The number of methoxy groups -OCH3 is 1. The second-order valence-corrected chi connectivity index (χ2v) is 7.07. The summed E-state index contributed by atoms with van der Waals surface area (Å²) in [5.74, 6) is 0.791. The van der Waals surface area contributed by atoms with Crippen LogP contribution in [0, 0.1) is 0 Å². The van der Waals surface area contributed by atoms with Gasteiger partial charge in [0, 0.05) is 17.1 Å². The molecule has 24 heavy (non-hydrogen) atoms. The van der Waals surface area contributed by atoms with Gasteiger partial charge in [0.15, 0.2) is 0 Å². The first-order valence-electron chi connectivity index (χ1n) is 7.05. The molecule has 2 aromatic rings. The van der Waals surface area contributed by atoms with E-state index in [0.29, 0.717) is 11.6 Å². The minimum absolute atomic E-state index is 0. The van der Waals surface area contributed by atoms with E-state index in [2.05, 4.69) is 5.32 Å². The molecule has 0 saturated carbocycles. The van der Waals surface area contributed by atoms with Gasteiger partial charge in [-0.1, -0.05) is 23.7 Å². The number of benzene rings is 2. The SMILES string of the molecule is COc1ccc(Cl)cc1CNCCc1ccc(S(N)(=O)=O)cc1.[Cl-]. The Kier molecular flexibility index (Phi) is 7.99. The van der Waals surface area contributed by atoms with Crippen molar-refractivity contribution in [3.63, 3.8) is 0 Å². The molecule has 0 amide bonds. The number of rotatable bonds is 7. The lowest BCUT2D eigenvalue weighted by Gasteiger charge is -2.10. The van der Waals surface area contributed by atoms with E-state index in [1.807, 2.05) is 12.1 Å². The number of halogens is 2. The molecule has 0 spiro atoms. The van der Waals surface area contributed by atoms with E-state index < -0.39 is 10.0 Å². The summed E-state index contributed by atoms with van der Waals surface area (Å²) in [4.78, 5) is 0.123. The van der Waals surface area contributed by atoms with Crippen molar-refractivity contribution in [3.8, 4) is 5.75 Å². The van der Waals surface area contributed by atoms with Crippen molar-refractivity contribution in [2.24, 2.45) is 5.14 Å². The van der Waals surface area contributed by atoms with Crippen LogP contribution < -0.4 is 27.6 Å². The van der Waals surface area contributed by atoms with Gasteiger partial charge in [-0.2, -0.15) is 0 Å². The lowest BCUT2D eigenvalue weighted by molar-refractivity contribution is -0.00000755. The Bertz CT molecular complexity index is 765. The quantitative estimate of drug-likeness (QED) is 0.615. The zero-order chi connectivity index (χ0) is 16.9. The van der Waals surface area contributed by atoms with Crippen molar-refractivity contribution in [3.05, 3.63) is 58.6 Å². The molecule has 3 N–H and O–H groups in total. The first kappa shape index (κ1) is 20.7. The fourth-order valence-electron chi connectivity index (χ4n) is 2.19. The van der Waals surface area contributed by atoms with Gasteiger partial charge in [-0.15, -0.1) is 0 Å². The normalized spacial score (nSPS) is 11.0. The molecule has 0 radical (unpaired) electrons. The van der Waals surface area contributed by atoms with Gasteiger partial charge in [-0.3, -0.25) is 0 Å². The van der Waals surface area contributed by atoms with Crippen LogP contribution in [-0.2, 0) is 23.0 Å². The van der Waals surface area contributed by atoms with Gasteiger partial charge in [0.05, 0.1) is 12.0 Å². The molecule has 2 aromatic carbocycles. The molecular formula is C16H19Cl2N2O3S-. The number of hydrogen-bond acceptors (Lipinski definition) is 4. The minimum atomic E-state index is -3.63. The maximum absolute atomic E-state index is 11.2. The Hall–Kier alpha value is -1.31. The van der Waals surface area contributed by atoms with Gasteiger partial charge < -0.3 is 22.5 Å². The molecular weight excluding hydrogens is 371 g/mol. The molecule has 8 heteroatoms. The topological polar surface area (TPSA) is 81.4 Å². The summed E-state index contributed by atoms with van der Waals surface area (Å²) in [6, 6.07) is 12.1. The highest BCUT2D eigenvalue weighted by molar-refractivity contribution is 7.89. The van der Waals surface area contributed by atoms with Crippen LogP contribution in [0.5, 0.6) is 5.75 Å². The van der Waals surface area contributed by atoms with Crippen molar-refractivity contribution >= 4 is 21.6 Å². The second-order valence-electron chi connectivity index (χ2n) is 5.07. The lowest BCUT2D eigenvalue weighted by atomic mass is 10.1. The summed E-state index contributed by atoms with van der Waals surface area (Å²) in [7, 11) is -2.01. The maximum atomic E-state index is 11.2. The number of sulfonamides is 1. The van der Waals surface area contributed by atoms with Crippen LogP contribution in [0.4, 0.5) is 0 Å². The summed E-state index contributed by atoms with van der Waals surface area (Å²) >= 11 is 5.99. The number of nitrogens with two attached hydrogens (primary N) is 1. The van der Waals surface area contributed by atoms with Crippen molar-refractivity contribution in [2.75, 3.05) is 13.7 Å². The summed E-state index contributed by atoms with van der Waals surface area (Å²) in [5.41, 5.74) is 2.02. The average Bonchev–Trinajstić information content (AvgIpc) is 2.51. The molecule has 0 atom stereocenters. The van der Waals surface area contributed by atoms with Crippen LogP contribution >= 0.6 is 11.6 Å². The molecule has 0 aromatic heterocycles. The van der Waals surface area contributed by atoms with Crippen molar-refractivity contribution in [2.45, 2.75) is 17.9 Å². The lowest BCUT2D eigenvalue weighted by Crippen LogP contribution is -3.00. The largest absolute Gasteiger partial charge is 1.00 e. The Morgan fingerprint density at radius 1 is 1.17 bits per heavy atom. The van der Waals surface area contributed by atoms with Crippen LogP contribution in [0.25, 0.3) is 0 Å². The Labute approximate surface area is 153 Å². The van der Waals surface area contributed by atoms with Crippen molar-refractivity contribution < 1.29 is 25.6 Å². The maximum Gasteiger partial charge on any atom is 0.238 e. The highest BCUT2D eigenvalue weighted by Crippen LogP contribution is 2.22. The predicted molar refractivity (Wildman–Crippen MR) is 91.2 cm³/mol. The van der Waals surface area contributed by atoms with Gasteiger partial charge in [0.1, 0.15) is 5.75 Å².